The summed E-state index contributed by atoms with van der Waals surface area (Å²) < 4.78 is 3.40. The third-order valence-electron chi connectivity index (χ3n) is 5.31. The zero-order valence-electron chi connectivity index (χ0n) is 17.3. The molecule has 0 aliphatic carbocycles. The Bertz CT molecular complexity index is 1190. The smallest absolute Gasteiger partial charge is 0.272 e. The molecule has 4 aromatic rings. The predicted molar refractivity (Wildman–Crippen MR) is 119 cm³/mol. The third-order valence-corrected chi connectivity index (χ3v) is 6.21. The van der Waals surface area contributed by atoms with Gasteiger partial charge in [0.2, 0.25) is 0 Å². The lowest BCUT2D eigenvalue weighted by molar-refractivity contribution is 0.0735. The van der Waals surface area contributed by atoms with Crippen LogP contribution in [-0.4, -0.2) is 66.5 Å². The fraction of sp³-hybridized carbons (Fsp3) is 0.286. The van der Waals surface area contributed by atoms with Crippen LogP contribution in [0.4, 0.5) is 5.82 Å². The maximum atomic E-state index is 13.1. The number of carbonyl (C=O) groups is 1. The van der Waals surface area contributed by atoms with Gasteiger partial charge in [0, 0.05) is 51.7 Å². The van der Waals surface area contributed by atoms with Gasteiger partial charge in [-0.1, -0.05) is 6.07 Å². The number of hydrogen-bond acceptors (Lipinski definition) is 7. The van der Waals surface area contributed by atoms with Crippen LogP contribution >= 0.6 is 11.3 Å². The highest BCUT2D eigenvalue weighted by Crippen LogP contribution is 2.25. The summed E-state index contributed by atoms with van der Waals surface area (Å²) in [5.74, 6) is 2.29. The SMILES string of the molecule is Cc1nc(N2CCN(C(=O)c3cc(-c4cccs4)nn3C)CC2)cc(-n2cccn2)n1. The lowest BCUT2D eigenvalue weighted by atomic mass is 10.2. The van der Waals surface area contributed by atoms with Crippen molar-refractivity contribution in [2.75, 3.05) is 31.1 Å². The summed E-state index contributed by atoms with van der Waals surface area (Å²) in [6, 6.07) is 9.68. The minimum Gasteiger partial charge on any atom is -0.353 e. The van der Waals surface area contributed by atoms with E-state index in [4.69, 9.17) is 0 Å². The first-order valence-corrected chi connectivity index (χ1v) is 10.9. The van der Waals surface area contributed by atoms with Gasteiger partial charge in [0.25, 0.3) is 5.91 Å². The van der Waals surface area contributed by atoms with E-state index in [2.05, 4.69) is 25.1 Å². The van der Waals surface area contributed by atoms with Crippen molar-refractivity contribution in [2.24, 2.45) is 7.05 Å². The lowest BCUT2D eigenvalue weighted by Crippen LogP contribution is -2.49. The first-order valence-electron chi connectivity index (χ1n) is 10.1. The molecular formula is C21H22N8OS. The van der Waals surface area contributed by atoms with Gasteiger partial charge in [0.15, 0.2) is 5.82 Å². The first kappa shape index (κ1) is 19.4. The molecule has 1 amide bonds. The van der Waals surface area contributed by atoms with Crippen LogP contribution < -0.4 is 4.90 Å². The summed E-state index contributed by atoms with van der Waals surface area (Å²) >= 11 is 1.62. The molecule has 1 aliphatic heterocycles. The molecule has 0 bridgehead atoms. The van der Waals surface area contributed by atoms with Gasteiger partial charge in [0.05, 0.1) is 4.88 Å². The predicted octanol–water partition coefficient (Wildman–Crippen LogP) is 2.40. The molecule has 9 nitrogen and oxygen atoms in total. The molecule has 0 spiro atoms. The van der Waals surface area contributed by atoms with E-state index in [1.807, 2.05) is 60.8 Å². The van der Waals surface area contributed by atoms with Crippen LogP contribution in [0.2, 0.25) is 0 Å². The summed E-state index contributed by atoms with van der Waals surface area (Å²) in [4.78, 5) is 27.3. The molecule has 0 aromatic carbocycles. The summed E-state index contributed by atoms with van der Waals surface area (Å²) in [5.41, 5.74) is 1.44. The molecule has 0 N–H and O–H groups in total. The summed E-state index contributed by atoms with van der Waals surface area (Å²) in [6.45, 7) is 4.54. The van der Waals surface area contributed by atoms with Crippen molar-refractivity contribution in [3.8, 4) is 16.4 Å². The quantitative estimate of drug-likeness (QED) is 0.490. The number of aryl methyl sites for hydroxylation is 2. The minimum atomic E-state index is 0.00792. The van der Waals surface area contributed by atoms with Gasteiger partial charge in [-0.2, -0.15) is 10.2 Å². The minimum absolute atomic E-state index is 0.00792. The van der Waals surface area contributed by atoms with E-state index in [9.17, 15) is 4.79 Å². The van der Waals surface area contributed by atoms with Gasteiger partial charge in [0.1, 0.15) is 23.0 Å². The lowest BCUT2D eigenvalue weighted by Gasteiger charge is -2.35. The fourth-order valence-corrected chi connectivity index (χ4v) is 4.41. The molecule has 4 aromatic heterocycles. The second kappa shape index (κ2) is 7.95. The highest BCUT2D eigenvalue weighted by Gasteiger charge is 2.26. The molecule has 1 aliphatic rings. The van der Waals surface area contributed by atoms with E-state index in [1.54, 1.807) is 26.9 Å². The van der Waals surface area contributed by atoms with E-state index in [0.717, 1.165) is 22.2 Å². The summed E-state index contributed by atoms with van der Waals surface area (Å²) in [7, 11) is 1.82. The molecule has 0 radical (unpaired) electrons. The normalized spacial score (nSPS) is 14.3. The molecular weight excluding hydrogens is 412 g/mol. The maximum Gasteiger partial charge on any atom is 0.272 e. The van der Waals surface area contributed by atoms with Crippen LogP contribution in [0.25, 0.3) is 16.4 Å². The third kappa shape index (κ3) is 3.81. The van der Waals surface area contributed by atoms with Crippen LogP contribution in [0, 0.1) is 6.92 Å². The fourth-order valence-electron chi connectivity index (χ4n) is 3.73. The Morgan fingerprint density at radius 3 is 2.58 bits per heavy atom. The van der Waals surface area contributed by atoms with Gasteiger partial charge in [-0.05, 0) is 30.5 Å². The number of amides is 1. The zero-order valence-corrected chi connectivity index (χ0v) is 18.2. The highest BCUT2D eigenvalue weighted by molar-refractivity contribution is 7.13. The number of piperazine rings is 1. The van der Waals surface area contributed by atoms with E-state index in [1.165, 1.54) is 0 Å². The number of hydrogen-bond donors (Lipinski definition) is 0. The molecule has 5 heterocycles. The Kier molecular flexibility index (Phi) is 4.99. The average molecular weight is 435 g/mol. The molecule has 31 heavy (non-hydrogen) atoms. The Morgan fingerprint density at radius 1 is 1.06 bits per heavy atom. The van der Waals surface area contributed by atoms with Crippen molar-refractivity contribution in [1.82, 2.24) is 34.4 Å². The standard InChI is InChI=1S/C21H22N8OS/c1-15-23-19(14-20(24-15)29-7-4-6-22-29)27-8-10-28(11-9-27)21(30)17-13-16(25-26(17)2)18-5-3-12-31-18/h3-7,12-14H,8-11H2,1-2H3. The van der Waals surface area contributed by atoms with Crippen LogP contribution in [0.5, 0.6) is 0 Å². The first-order chi connectivity index (χ1) is 15.1. The summed E-state index contributed by atoms with van der Waals surface area (Å²) in [5, 5.41) is 10.8. The van der Waals surface area contributed by atoms with E-state index in [-0.39, 0.29) is 5.91 Å². The molecule has 1 saturated heterocycles. The highest BCUT2D eigenvalue weighted by atomic mass is 32.1. The topological polar surface area (TPSA) is 85.0 Å². The number of carbonyl (C=O) groups excluding carboxylic acids is 1. The van der Waals surface area contributed by atoms with E-state index < -0.39 is 0 Å². The second-order valence-electron chi connectivity index (χ2n) is 7.38. The van der Waals surface area contributed by atoms with E-state index in [0.29, 0.717) is 37.7 Å². The number of thiophene rings is 1. The van der Waals surface area contributed by atoms with Crippen molar-refractivity contribution >= 4 is 23.1 Å². The van der Waals surface area contributed by atoms with Crippen molar-refractivity contribution in [3.63, 3.8) is 0 Å². The Labute approximate surface area is 183 Å². The Hall–Kier alpha value is -3.53. The largest absolute Gasteiger partial charge is 0.353 e. The molecule has 158 valence electrons. The van der Waals surface area contributed by atoms with Crippen LogP contribution in [0.1, 0.15) is 16.3 Å². The van der Waals surface area contributed by atoms with E-state index >= 15 is 0 Å². The van der Waals surface area contributed by atoms with Crippen molar-refractivity contribution in [3.05, 3.63) is 59.6 Å². The molecule has 0 saturated carbocycles. The van der Waals surface area contributed by atoms with Crippen molar-refractivity contribution in [2.45, 2.75) is 6.92 Å². The van der Waals surface area contributed by atoms with Crippen LogP contribution in [0.3, 0.4) is 0 Å². The number of nitrogens with zero attached hydrogens (tertiary/aromatic N) is 8. The van der Waals surface area contributed by atoms with Crippen LogP contribution in [-0.2, 0) is 7.05 Å². The van der Waals surface area contributed by atoms with Gasteiger partial charge < -0.3 is 9.80 Å². The molecule has 0 atom stereocenters. The van der Waals surface area contributed by atoms with Gasteiger partial charge in [-0.25, -0.2) is 14.6 Å². The second-order valence-corrected chi connectivity index (χ2v) is 8.32. The maximum absolute atomic E-state index is 13.1. The summed E-state index contributed by atoms with van der Waals surface area (Å²) in [6.07, 6.45) is 3.59. The zero-order chi connectivity index (χ0) is 21.4. The molecule has 1 fully saturated rings. The van der Waals surface area contributed by atoms with Gasteiger partial charge >= 0.3 is 0 Å². The number of aromatic nitrogens is 6. The van der Waals surface area contributed by atoms with Crippen LogP contribution in [0.15, 0.2) is 48.1 Å². The van der Waals surface area contributed by atoms with Crippen molar-refractivity contribution in [1.29, 1.82) is 0 Å². The average Bonchev–Trinajstić information content (AvgIpc) is 3.54. The Morgan fingerprint density at radius 2 is 1.87 bits per heavy atom. The molecule has 0 unspecified atom stereocenters. The monoisotopic (exact) mass is 434 g/mol. The number of anilines is 1. The number of rotatable bonds is 4. The molecule has 10 heteroatoms. The van der Waals surface area contributed by atoms with Gasteiger partial charge in [-0.15, -0.1) is 11.3 Å². The Balaban J connectivity index is 1.29. The van der Waals surface area contributed by atoms with Crippen molar-refractivity contribution < 1.29 is 4.79 Å². The molecule has 5 rings (SSSR count). The van der Waals surface area contributed by atoms with Gasteiger partial charge in [-0.3, -0.25) is 9.48 Å².